The van der Waals surface area contributed by atoms with Crippen molar-refractivity contribution in [3.63, 3.8) is 0 Å². The van der Waals surface area contributed by atoms with Crippen LogP contribution in [-0.4, -0.2) is 52.1 Å². The summed E-state index contributed by atoms with van der Waals surface area (Å²) in [5, 5.41) is 30.6. The van der Waals surface area contributed by atoms with Crippen molar-refractivity contribution >= 4 is 17.9 Å². The van der Waals surface area contributed by atoms with Crippen LogP contribution in [0.5, 0.6) is 0 Å². The third kappa shape index (κ3) is 5.25. The lowest BCUT2D eigenvalue weighted by atomic mass is 9.87. The first-order valence-corrected chi connectivity index (χ1v) is 7.37. The zero-order chi connectivity index (χ0) is 20.9. The largest absolute Gasteiger partial charge is 0.431 e. The monoisotopic (exact) mass is 372 g/mol. The lowest BCUT2D eigenvalue weighted by Gasteiger charge is -2.42. The fourth-order valence-corrected chi connectivity index (χ4v) is 1.35. The molecule has 0 aromatic heterocycles. The van der Waals surface area contributed by atoms with Crippen molar-refractivity contribution in [1.82, 2.24) is 0 Å². The summed E-state index contributed by atoms with van der Waals surface area (Å²) < 4.78 is 14.1. The Bertz CT molecular complexity index is 606. The highest BCUT2D eigenvalue weighted by molar-refractivity contribution is 5.89. The van der Waals surface area contributed by atoms with Crippen molar-refractivity contribution in [1.29, 1.82) is 0 Å². The molecule has 146 valence electrons. The van der Waals surface area contributed by atoms with E-state index in [1.54, 1.807) is 0 Å². The van der Waals surface area contributed by atoms with Crippen molar-refractivity contribution in [2.24, 2.45) is 5.41 Å². The zero-order valence-corrected chi connectivity index (χ0v) is 15.2. The molecule has 0 spiro atoms. The van der Waals surface area contributed by atoms with Crippen LogP contribution in [0.4, 0.5) is 0 Å². The van der Waals surface area contributed by atoms with Crippen LogP contribution in [-0.2, 0) is 28.6 Å². The van der Waals surface area contributed by atoms with Crippen LogP contribution in [0.2, 0.25) is 0 Å². The van der Waals surface area contributed by atoms with Crippen LogP contribution in [0.15, 0.2) is 36.5 Å². The molecule has 0 aromatic rings. The van der Waals surface area contributed by atoms with Crippen LogP contribution >= 0.6 is 0 Å². The van der Waals surface area contributed by atoms with Gasteiger partial charge in [-0.05, 0) is 27.7 Å². The number of ether oxygens (including phenoxy) is 3. The Morgan fingerprint density at radius 1 is 0.923 bits per heavy atom. The van der Waals surface area contributed by atoms with Crippen molar-refractivity contribution in [2.45, 2.75) is 40.0 Å². The van der Waals surface area contributed by atoms with Gasteiger partial charge in [-0.1, -0.05) is 19.7 Å². The first kappa shape index (κ1) is 23.5. The molecule has 0 aliphatic heterocycles. The van der Waals surface area contributed by atoms with E-state index in [4.69, 9.17) is 9.47 Å². The van der Waals surface area contributed by atoms with Crippen molar-refractivity contribution in [2.75, 3.05) is 6.61 Å². The summed E-state index contributed by atoms with van der Waals surface area (Å²) in [6, 6.07) is 0. The number of hydrogen-bond donors (Lipinski definition) is 3. The van der Waals surface area contributed by atoms with E-state index in [9.17, 15) is 29.7 Å². The quantitative estimate of drug-likeness (QED) is 0.296. The number of rotatable bonds is 9. The van der Waals surface area contributed by atoms with E-state index in [2.05, 4.69) is 24.5 Å². The molecule has 0 aromatic carbocycles. The van der Waals surface area contributed by atoms with Crippen LogP contribution in [0, 0.1) is 5.41 Å². The average Bonchev–Trinajstić information content (AvgIpc) is 2.52. The molecule has 26 heavy (non-hydrogen) atoms. The van der Waals surface area contributed by atoms with Crippen molar-refractivity contribution in [3.05, 3.63) is 36.5 Å². The molecule has 9 heteroatoms. The summed E-state index contributed by atoms with van der Waals surface area (Å²) >= 11 is 0. The van der Waals surface area contributed by atoms with Gasteiger partial charge < -0.3 is 29.5 Å². The van der Waals surface area contributed by atoms with Crippen LogP contribution < -0.4 is 0 Å². The molecule has 2 unspecified atom stereocenters. The average molecular weight is 372 g/mol. The molecule has 3 N–H and O–H groups in total. The van der Waals surface area contributed by atoms with Crippen molar-refractivity contribution in [3.8, 4) is 0 Å². The van der Waals surface area contributed by atoms with Crippen LogP contribution in [0.1, 0.15) is 27.7 Å². The SMILES string of the molecule is C=C(C)C(=O)OC(O)C(C)(CO)C(O)(OC(=O)C(=C)C)OC(=O)C(=C)C. The zero-order valence-electron chi connectivity index (χ0n) is 15.2. The molecule has 0 fully saturated rings. The van der Waals surface area contributed by atoms with Gasteiger partial charge in [0.05, 0.1) is 6.61 Å². The summed E-state index contributed by atoms with van der Waals surface area (Å²) in [6.45, 7) is 13.6. The first-order valence-electron chi connectivity index (χ1n) is 7.37. The normalized spacial score (nSPS) is 14.4. The maximum atomic E-state index is 11.8. The fraction of sp³-hybridized carbons (Fsp3) is 0.471. The molecule has 9 nitrogen and oxygen atoms in total. The first-order chi connectivity index (χ1) is 11.7. The summed E-state index contributed by atoms with van der Waals surface area (Å²) in [4.78, 5) is 35.3. The predicted molar refractivity (Wildman–Crippen MR) is 88.9 cm³/mol. The molecule has 2 atom stereocenters. The summed E-state index contributed by atoms with van der Waals surface area (Å²) in [5.41, 5.74) is -2.83. The second-order valence-electron chi connectivity index (χ2n) is 6.04. The Labute approximate surface area is 151 Å². The molecular weight excluding hydrogens is 348 g/mol. The maximum absolute atomic E-state index is 11.8. The number of carbonyl (C=O) groups excluding carboxylic acids is 3. The third-order valence-corrected chi connectivity index (χ3v) is 3.32. The molecule has 0 aliphatic carbocycles. The van der Waals surface area contributed by atoms with Crippen LogP contribution in [0.3, 0.4) is 0 Å². The van der Waals surface area contributed by atoms with E-state index < -0.39 is 42.2 Å². The van der Waals surface area contributed by atoms with Gasteiger partial charge in [0.2, 0.25) is 6.29 Å². The lowest BCUT2D eigenvalue weighted by molar-refractivity contribution is -0.405. The van der Waals surface area contributed by atoms with Crippen LogP contribution in [0.25, 0.3) is 0 Å². The molecule has 0 rings (SSSR count). The molecule has 0 radical (unpaired) electrons. The maximum Gasteiger partial charge on any atom is 0.388 e. The minimum absolute atomic E-state index is 0.0919. The number of esters is 3. The fourth-order valence-electron chi connectivity index (χ4n) is 1.35. The predicted octanol–water partition coefficient (Wildman–Crippen LogP) is 0.307. The van der Waals surface area contributed by atoms with Gasteiger partial charge in [-0.2, -0.15) is 0 Å². The lowest BCUT2D eigenvalue weighted by Crippen LogP contribution is -2.61. The molecule has 0 saturated heterocycles. The Balaban J connectivity index is 6.04. The topological polar surface area (TPSA) is 140 Å². The van der Waals surface area contributed by atoms with E-state index in [1.165, 1.54) is 20.8 Å². The Kier molecular flexibility index (Phi) is 7.91. The second-order valence-corrected chi connectivity index (χ2v) is 6.04. The van der Waals surface area contributed by atoms with Crippen molar-refractivity contribution < 1.29 is 43.9 Å². The van der Waals surface area contributed by atoms with E-state index in [-0.39, 0.29) is 16.7 Å². The second kappa shape index (κ2) is 8.75. The molecule has 0 heterocycles. The van der Waals surface area contributed by atoms with E-state index in [1.807, 2.05) is 0 Å². The third-order valence-electron chi connectivity index (χ3n) is 3.32. The molecule has 0 aliphatic rings. The van der Waals surface area contributed by atoms with E-state index in [0.717, 1.165) is 6.92 Å². The highest BCUT2D eigenvalue weighted by atomic mass is 16.8. The van der Waals surface area contributed by atoms with Gasteiger partial charge in [-0.25, -0.2) is 14.4 Å². The summed E-state index contributed by atoms with van der Waals surface area (Å²) in [7, 11) is 0. The highest BCUT2D eigenvalue weighted by Gasteiger charge is 2.60. The molecule has 0 saturated carbocycles. The minimum atomic E-state index is -3.22. The highest BCUT2D eigenvalue weighted by Crippen LogP contribution is 2.38. The van der Waals surface area contributed by atoms with Gasteiger partial charge in [0.1, 0.15) is 0 Å². The molecular formula is C17H24O9. The van der Waals surface area contributed by atoms with Gasteiger partial charge >= 0.3 is 23.9 Å². The number of hydrogen-bond acceptors (Lipinski definition) is 9. The smallest absolute Gasteiger partial charge is 0.388 e. The molecule has 0 amide bonds. The Morgan fingerprint density at radius 2 is 1.27 bits per heavy atom. The van der Waals surface area contributed by atoms with E-state index >= 15 is 0 Å². The van der Waals surface area contributed by atoms with Gasteiger partial charge in [-0.3, -0.25) is 0 Å². The van der Waals surface area contributed by atoms with Gasteiger partial charge in [0.15, 0.2) is 5.41 Å². The summed E-state index contributed by atoms with van der Waals surface area (Å²) in [5.74, 6) is -6.67. The Morgan fingerprint density at radius 3 is 1.54 bits per heavy atom. The number of carbonyl (C=O) groups is 3. The van der Waals surface area contributed by atoms with Gasteiger partial charge in [0, 0.05) is 16.7 Å². The van der Waals surface area contributed by atoms with Gasteiger partial charge in [0.25, 0.3) is 0 Å². The number of aliphatic hydroxyl groups is 3. The standard InChI is InChI=1S/C17H24O9/c1-9(2)12(19)24-15(22)16(7,8-18)17(23,25-13(20)10(3)4)26-14(21)11(5)6/h15,18,22-23H,1,3,5,8H2,2,4,6-7H3. The number of aliphatic hydroxyl groups excluding tert-OH is 2. The Hall–Kier alpha value is -2.49. The molecule has 0 bridgehead atoms. The van der Waals surface area contributed by atoms with E-state index in [0.29, 0.717) is 0 Å². The minimum Gasteiger partial charge on any atom is -0.431 e. The summed E-state index contributed by atoms with van der Waals surface area (Å²) in [6.07, 6.45) is -2.25. The van der Waals surface area contributed by atoms with Gasteiger partial charge in [-0.15, -0.1) is 0 Å².